The molecule has 7 nitrogen and oxygen atoms in total. The van der Waals surface area contributed by atoms with Crippen molar-refractivity contribution in [1.29, 1.82) is 0 Å². The lowest BCUT2D eigenvalue weighted by Gasteiger charge is -2.37. The highest BCUT2D eigenvalue weighted by Gasteiger charge is 2.36. The molecule has 0 saturated carbocycles. The smallest absolute Gasteiger partial charge is 0.338 e. The van der Waals surface area contributed by atoms with E-state index in [1.54, 1.807) is 0 Å². The van der Waals surface area contributed by atoms with Crippen LogP contribution in [0.1, 0.15) is 53.1 Å². The number of piperidine rings is 1. The van der Waals surface area contributed by atoms with Crippen molar-refractivity contribution in [3.8, 4) is 0 Å². The van der Waals surface area contributed by atoms with Gasteiger partial charge < -0.3 is 4.90 Å². The van der Waals surface area contributed by atoms with E-state index in [2.05, 4.69) is 20.1 Å². The summed E-state index contributed by atoms with van der Waals surface area (Å²) in [6, 6.07) is 2.93. The van der Waals surface area contributed by atoms with Crippen molar-refractivity contribution < 1.29 is 26.7 Å². The molecule has 32 heavy (non-hydrogen) atoms. The third-order valence-electron chi connectivity index (χ3n) is 5.52. The number of amides is 1. The van der Waals surface area contributed by atoms with E-state index in [4.69, 9.17) is 11.6 Å². The number of hydrogen-bond acceptors (Lipinski definition) is 5. The minimum Gasteiger partial charge on any atom is -0.338 e. The lowest BCUT2D eigenvalue weighted by atomic mass is 9.84. The van der Waals surface area contributed by atoms with E-state index in [-0.39, 0.29) is 23.8 Å². The van der Waals surface area contributed by atoms with Gasteiger partial charge in [0.15, 0.2) is 0 Å². The summed E-state index contributed by atoms with van der Waals surface area (Å²) >= 11 is 5.88. The summed E-state index contributed by atoms with van der Waals surface area (Å²) in [7, 11) is 0. The molecule has 0 aromatic carbocycles. The SMILES string of the molecule is C[C@@H]1CCN(C(=O)c2ccc(C(F)(F)F)nc2Cl)C[C@H]1c1cc(C(F)F)nc2ncnn12. The molecule has 1 aliphatic heterocycles. The molecule has 170 valence electrons. The maximum atomic E-state index is 13.3. The largest absolute Gasteiger partial charge is 0.433 e. The van der Waals surface area contributed by atoms with Crippen LogP contribution in [0.25, 0.3) is 5.78 Å². The third-order valence-corrected chi connectivity index (χ3v) is 5.81. The lowest BCUT2D eigenvalue weighted by Crippen LogP contribution is -2.43. The molecular weight excluding hydrogens is 459 g/mol. The highest BCUT2D eigenvalue weighted by atomic mass is 35.5. The molecule has 0 bridgehead atoms. The number of carbonyl (C=O) groups is 1. The van der Waals surface area contributed by atoms with Gasteiger partial charge in [0.05, 0.1) is 11.3 Å². The van der Waals surface area contributed by atoms with Crippen LogP contribution < -0.4 is 0 Å². The van der Waals surface area contributed by atoms with Gasteiger partial charge >= 0.3 is 6.18 Å². The summed E-state index contributed by atoms with van der Waals surface area (Å²) < 4.78 is 66.6. The number of nitrogens with zero attached hydrogens (tertiary/aromatic N) is 6. The van der Waals surface area contributed by atoms with Gasteiger partial charge in [-0.05, 0) is 30.5 Å². The molecule has 1 aliphatic rings. The van der Waals surface area contributed by atoms with Crippen LogP contribution >= 0.6 is 11.6 Å². The molecule has 0 N–H and O–H groups in total. The van der Waals surface area contributed by atoms with E-state index in [0.717, 1.165) is 6.07 Å². The Morgan fingerprint density at radius 2 is 2.00 bits per heavy atom. The van der Waals surface area contributed by atoms with Gasteiger partial charge in [-0.1, -0.05) is 18.5 Å². The van der Waals surface area contributed by atoms with E-state index in [9.17, 15) is 26.7 Å². The van der Waals surface area contributed by atoms with Crippen molar-refractivity contribution in [2.45, 2.75) is 31.9 Å². The van der Waals surface area contributed by atoms with Crippen molar-refractivity contribution in [2.24, 2.45) is 5.92 Å². The molecule has 2 atom stereocenters. The Bertz CT molecular complexity index is 1170. The molecule has 1 saturated heterocycles. The van der Waals surface area contributed by atoms with Crippen LogP contribution in [0.3, 0.4) is 0 Å². The van der Waals surface area contributed by atoms with Crippen molar-refractivity contribution >= 4 is 23.3 Å². The van der Waals surface area contributed by atoms with Crippen LogP contribution in [0, 0.1) is 5.92 Å². The van der Waals surface area contributed by atoms with Gasteiger partial charge in [0.1, 0.15) is 22.9 Å². The lowest BCUT2D eigenvalue weighted by molar-refractivity contribution is -0.141. The van der Waals surface area contributed by atoms with Gasteiger partial charge in [-0.3, -0.25) is 4.79 Å². The van der Waals surface area contributed by atoms with Gasteiger partial charge in [0.25, 0.3) is 18.1 Å². The quantitative estimate of drug-likeness (QED) is 0.415. The van der Waals surface area contributed by atoms with Crippen LogP contribution in [-0.2, 0) is 6.18 Å². The number of pyridine rings is 1. The first-order chi connectivity index (χ1) is 15.1. The second-order valence-electron chi connectivity index (χ2n) is 7.53. The number of fused-ring (bicyclic) bond motifs is 1. The molecule has 1 fully saturated rings. The standard InChI is InChI=1S/C19H16ClF5N6O/c1-9-4-5-30(17(32)10-2-3-14(19(23,24)25)29-15(10)20)7-11(9)13-6-12(16(21)22)28-18-26-8-27-31(13)18/h2-3,6,8-9,11,16H,4-5,7H2,1H3/t9-,11-/m1/s1. The first kappa shape index (κ1) is 22.3. The number of likely N-dealkylation sites (tertiary alicyclic amines) is 1. The highest BCUT2D eigenvalue weighted by molar-refractivity contribution is 6.32. The predicted octanol–water partition coefficient (Wildman–Crippen LogP) is 4.39. The van der Waals surface area contributed by atoms with Crippen molar-refractivity contribution in [2.75, 3.05) is 13.1 Å². The zero-order valence-electron chi connectivity index (χ0n) is 16.5. The van der Waals surface area contributed by atoms with Crippen LogP contribution in [0.5, 0.6) is 0 Å². The molecule has 0 spiro atoms. The molecule has 0 radical (unpaired) electrons. The second kappa shape index (κ2) is 8.23. The summed E-state index contributed by atoms with van der Waals surface area (Å²) in [6.07, 6.45) is -5.77. The maximum absolute atomic E-state index is 13.3. The van der Waals surface area contributed by atoms with E-state index in [1.165, 1.54) is 21.8 Å². The van der Waals surface area contributed by atoms with Crippen molar-refractivity contribution in [3.05, 3.63) is 52.3 Å². The Hall–Kier alpha value is -2.89. The average molecular weight is 475 g/mol. The summed E-state index contributed by atoms with van der Waals surface area (Å²) in [5.74, 6) is -0.964. The molecule has 0 aliphatic carbocycles. The monoisotopic (exact) mass is 474 g/mol. The normalized spacial score (nSPS) is 19.7. The van der Waals surface area contributed by atoms with Crippen molar-refractivity contribution in [3.63, 3.8) is 0 Å². The van der Waals surface area contributed by atoms with Gasteiger partial charge in [-0.2, -0.15) is 23.3 Å². The number of hydrogen-bond donors (Lipinski definition) is 0. The molecular formula is C19H16ClF5N6O. The first-order valence-corrected chi connectivity index (χ1v) is 9.95. The first-order valence-electron chi connectivity index (χ1n) is 9.58. The minimum absolute atomic E-state index is 0.000532. The van der Waals surface area contributed by atoms with Crippen LogP contribution in [0.15, 0.2) is 24.5 Å². The van der Waals surface area contributed by atoms with Gasteiger partial charge in [0.2, 0.25) is 0 Å². The number of rotatable bonds is 3. The molecule has 3 aromatic rings. The fourth-order valence-corrected chi connectivity index (χ4v) is 4.03. The summed E-state index contributed by atoms with van der Waals surface area (Å²) in [6.45, 7) is 2.37. The molecule has 3 aromatic heterocycles. The Labute approximate surface area is 183 Å². The van der Waals surface area contributed by atoms with E-state index >= 15 is 0 Å². The molecule has 0 unspecified atom stereocenters. The summed E-state index contributed by atoms with van der Waals surface area (Å²) in [5.41, 5.74) is -1.40. The predicted molar refractivity (Wildman–Crippen MR) is 102 cm³/mol. The van der Waals surface area contributed by atoms with Crippen LogP contribution in [0.4, 0.5) is 22.0 Å². The fraction of sp³-hybridized carbons (Fsp3) is 0.421. The van der Waals surface area contributed by atoms with E-state index in [1.807, 2.05) is 6.92 Å². The third kappa shape index (κ3) is 4.10. The summed E-state index contributed by atoms with van der Waals surface area (Å²) in [5, 5.41) is 3.51. The highest BCUT2D eigenvalue weighted by Crippen LogP contribution is 2.35. The number of aromatic nitrogens is 5. The minimum atomic E-state index is -4.69. The van der Waals surface area contributed by atoms with Crippen LogP contribution in [0.2, 0.25) is 5.15 Å². The Morgan fingerprint density at radius 1 is 1.25 bits per heavy atom. The average Bonchev–Trinajstić information content (AvgIpc) is 3.21. The maximum Gasteiger partial charge on any atom is 0.433 e. The second-order valence-corrected chi connectivity index (χ2v) is 7.89. The summed E-state index contributed by atoms with van der Waals surface area (Å²) in [4.78, 5) is 25.4. The number of carbonyl (C=O) groups excluding carboxylic acids is 1. The molecule has 1 amide bonds. The topological polar surface area (TPSA) is 76.3 Å². The number of halogens is 6. The van der Waals surface area contributed by atoms with E-state index in [0.29, 0.717) is 24.7 Å². The van der Waals surface area contributed by atoms with E-state index < -0.39 is 41.0 Å². The Kier molecular flexibility index (Phi) is 5.74. The molecule has 4 heterocycles. The van der Waals surface area contributed by atoms with Gasteiger partial charge in [-0.15, -0.1) is 0 Å². The Morgan fingerprint density at radius 3 is 2.66 bits per heavy atom. The Balaban J connectivity index is 1.66. The molecule has 13 heteroatoms. The zero-order chi connectivity index (χ0) is 23.2. The van der Waals surface area contributed by atoms with Crippen LogP contribution in [-0.4, -0.2) is 48.5 Å². The van der Waals surface area contributed by atoms with Crippen molar-refractivity contribution in [1.82, 2.24) is 29.5 Å². The fourth-order valence-electron chi connectivity index (χ4n) is 3.79. The van der Waals surface area contributed by atoms with Gasteiger partial charge in [-0.25, -0.2) is 23.3 Å². The zero-order valence-corrected chi connectivity index (χ0v) is 17.3. The number of alkyl halides is 5. The molecule has 4 rings (SSSR count). The van der Waals surface area contributed by atoms with Gasteiger partial charge in [0, 0.05) is 19.0 Å².